The first-order valence-corrected chi connectivity index (χ1v) is 8.25. The summed E-state index contributed by atoms with van der Waals surface area (Å²) in [6.45, 7) is 3.01. The molecule has 8 heteroatoms. The number of carbonyl (C=O) groups is 1. The summed E-state index contributed by atoms with van der Waals surface area (Å²) in [5, 5.41) is 0. The molecule has 0 aliphatic rings. The SMILES string of the molecule is Cc1[nH]c(=O)[nH]c(=O)c1CC(=O)N(CCN(C)C)Cc1ccc(F)cc1. The Morgan fingerprint density at radius 2 is 1.73 bits per heavy atom. The van der Waals surface area contributed by atoms with Gasteiger partial charge < -0.3 is 14.8 Å². The highest BCUT2D eigenvalue weighted by atomic mass is 19.1. The molecule has 140 valence electrons. The predicted octanol–water partition coefficient (Wildman–Crippen LogP) is 0.644. The number of rotatable bonds is 7. The van der Waals surface area contributed by atoms with Crippen molar-refractivity contribution in [2.24, 2.45) is 0 Å². The van der Waals surface area contributed by atoms with E-state index in [4.69, 9.17) is 0 Å². The number of likely N-dealkylation sites (N-methyl/N-ethyl adjacent to an activating group) is 1. The smallest absolute Gasteiger partial charge is 0.325 e. The summed E-state index contributed by atoms with van der Waals surface area (Å²) >= 11 is 0. The minimum atomic E-state index is -0.598. The van der Waals surface area contributed by atoms with E-state index in [1.807, 2.05) is 19.0 Å². The van der Waals surface area contributed by atoms with E-state index in [1.54, 1.807) is 24.0 Å². The summed E-state index contributed by atoms with van der Waals surface area (Å²) in [5.41, 5.74) is 0.254. The van der Waals surface area contributed by atoms with Gasteiger partial charge in [0.15, 0.2) is 0 Å². The number of aromatic nitrogens is 2. The van der Waals surface area contributed by atoms with Gasteiger partial charge in [-0.25, -0.2) is 9.18 Å². The molecule has 0 spiro atoms. The van der Waals surface area contributed by atoms with Crippen molar-refractivity contribution in [3.8, 4) is 0 Å². The lowest BCUT2D eigenvalue weighted by Crippen LogP contribution is -2.39. The van der Waals surface area contributed by atoms with Crippen molar-refractivity contribution < 1.29 is 9.18 Å². The monoisotopic (exact) mass is 362 g/mol. The highest BCUT2D eigenvalue weighted by Crippen LogP contribution is 2.09. The second-order valence-electron chi connectivity index (χ2n) is 6.43. The molecule has 0 atom stereocenters. The normalized spacial score (nSPS) is 11.0. The van der Waals surface area contributed by atoms with E-state index in [2.05, 4.69) is 9.97 Å². The Morgan fingerprint density at radius 3 is 2.31 bits per heavy atom. The molecule has 1 amide bonds. The molecular weight excluding hydrogens is 339 g/mol. The fourth-order valence-corrected chi connectivity index (χ4v) is 2.52. The van der Waals surface area contributed by atoms with Gasteiger partial charge in [-0.2, -0.15) is 0 Å². The van der Waals surface area contributed by atoms with Crippen molar-refractivity contribution in [2.45, 2.75) is 19.9 Å². The zero-order chi connectivity index (χ0) is 19.3. The number of aryl methyl sites for hydroxylation is 1. The molecule has 0 radical (unpaired) electrons. The van der Waals surface area contributed by atoms with E-state index in [0.29, 0.717) is 25.3 Å². The zero-order valence-electron chi connectivity index (χ0n) is 15.1. The third-order valence-electron chi connectivity index (χ3n) is 4.04. The van der Waals surface area contributed by atoms with Gasteiger partial charge in [0.05, 0.1) is 6.42 Å². The van der Waals surface area contributed by atoms with Crippen molar-refractivity contribution >= 4 is 5.91 Å². The van der Waals surface area contributed by atoms with Crippen LogP contribution < -0.4 is 11.2 Å². The molecule has 0 unspecified atom stereocenters. The fraction of sp³-hybridized carbons (Fsp3) is 0.389. The van der Waals surface area contributed by atoms with Crippen molar-refractivity contribution in [3.63, 3.8) is 0 Å². The molecule has 2 rings (SSSR count). The summed E-state index contributed by atoms with van der Waals surface area (Å²) in [6, 6.07) is 5.95. The Hall–Kier alpha value is -2.74. The van der Waals surface area contributed by atoms with Crippen LogP contribution in [0.2, 0.25) is 0 Å². The number of nitrogens with zero attached hydrogens (tertiary/aromatic N) is 2. The van der Waals surface area contributed by atoms with E-state index >= 15 is 0 Å². The van der Waals surface area contributed by atoms with Gasteiger partial charge in [-0.05, 0) is 38.7 Å². The highest BCUT2D eigenvalue weighted by Gasteiger charge is 2.18. The molecule has 0 aliphatic heterocycles. The third-order valence-corrected chi connectivity index (χ3v) is 4.04. The number of halogens is 1. The van der Waals surface area contributed by atoms with Gasteiger partial charge in [0.25, 0.3) is 5.56 Å². The van der Waals surface area contributed by atoms with Gasteiger partial charge in [0, 0.05) is 30.9 Å². The van der Waals surface area contributed by atoms with Crippen LogP contribution in [0.25, 0.3) is 0 Å². The lowest BCUT2D eigenvalue weighted by atomic mass is 10.1. The maximum Gasteiger partial charge on any atom is 0.325 e. The molecular formula is C18H23FN4O3. The van der Waals surface area contributed by atoms with Crippen LogP contribution in [0.4, 0.5) is 4.39 Å². The van der Waals surface area contributed by atoms with Gasteiger partial charge in [0.1, 0.15) is 5.82 Å². The number of benzene rings is 1. The number of H-pyrrole nitrogens is 2. The van der Waals surface area contributed by atoms with Crippen molar-refractivity contribution in [1.29, 1.82) is 0 Å². The molecule has 2 N–H and O–H groups in total. The standard InChI is InChI=1S/C18H23FN4O3/c1-12-15(17(25)21-18(26)20-12)10-16(24)23(9-8-22(2)3)11-13-4-6-14(19)7-5-13/h4-7H,8-11H2,1-3H3,(H2,20,21,25,26). The molecule has 0 saturated heterocycles. The molecule has 1 aromatic carbocycles. The fourth-order valence-electron chi connectivity index (χ4n) is 2.52. The number of carbonyl (C=O) groups excluding carboxylic acids is 1. The van der Waals surface area contributed by atoms with E-state index < -0.39 is 11.2 Å². The second kappa shape index (κ2) is 8.57. The molecule has 0 fully saturated rings. The van der Waals surface area contributed by atoms with E-state index in [1.165, 1.54) is 12.1 Å². The van der Waals surface area contributed by atoms with Gasteiger partial charge >= 0.3 is 5.69 Å². The van der Waals surface area contributed by atoms with E-state index in [0.717, 1.165) is 5.56 Å². The first-order valence-electron chi connectivity index (χ1n) is 8.25. The Bertz CT molecular complexity index is 871. The minimum Gasteiger partial charge on any atom is -0.337 e. The maximum absolute atomic E-state index is 13.1. The van der Waals surface area contributed by atoms with Crippen molar-refractivity contribution in [1.82, 2.24) is 19.8 Å². The quantitative estimate of drug-likeness (QED) is 0.757. The van der Waals surface area contributed by atoms with Gasteiger partial charge in [-0.15, -0.1) is 0 Å². The first kappa shape index (κ1) is 19.6. The van der Waals surface area contributed by atoms with Gasteiger partial charge in [-0.1, -0.05) is 12.1 Å². The molecule has 1 heterocycles. The number of aromatic amines is 2. The average molecular weight is 362 g/mol. The van der Waals surface area contributed by atoms with Crippen LogP contribution in [-0.2, 0) is 17.8 Å². The van der Waals surface area contributed by atoms with Crippen LogP contribution in [0.15, 0.2) is 33.9 Å². The zero-order valence-corrected chi connectivity index (χ0v) is 15.1. The Kier molecular flexibility index (Phi) is 6.46. The van der Waals surface area contributed by atoms with Gasteiger partial charge in [0.2, 0.25) is 5.91 Å². The average Bonchev–Trinajstić information content (AvgIpc) is 2.56. The minimum absolute atomic E-state index is 0.118. The first-order chi connectivity index (χ1) is 12.3. The summed E-state index contributed by atoms with van der Waals surface area (Å²) in [6.07, 6.45) is -0.118. The molecule has 7 nitrogen and oxygen atoms in total. The topological polar surface area (TPSA) is 89.3 Å². The molecule has 1 aromatic heterocycles. The largest absolute Gasteiger partial charge is 0.337 e. The lowest BCUT2D eigenvalue weighted by molar-refractivity contribution is -0.131. The highest BCUT2D eigenvalue weighted by molar-refractivity contribution is 5.79. The van der Waals surface area contributed by atoms with Crippen LogP contribution >= 0.6 is 0 Å². The molecule has 0 aliphatic carbocycles. The molecule has 0 bridgehead atoms. The number of hydrogen-bond donors (Lipinski definition) is 2. The summed E-state index contributed by atoms with van der Waals surface area (Å²) < 4.78 is 13.1. The van der Waals surface area contributed by atoms with Crippen molar-refractivity contribution in [3.05, 3.63) is 67.7 Å². The molecule has 0 saturated carbocycles. The summed E-state index contributed by atoms with van der Waals surface area (Å²) in [4.78, 5) is 44.3. The second-order valence-corrected chi connectivity index (χ2v) is 6.43. The van der Waals surface area contributed by atoms with Crippen molar-refractivity contribution in [2.75, 3.05) is 27.2 Å². The predicted molar refractivity (Wildman–Crippen MR) is 96.5 cm³/mol. The number of nitrogens with one attached hydrogen (secondary N) is 2. The van der Waals surface area contributed by atoms with Crippen LogP contribution in [0.1, 0.15) is 16.8 Å². The molecule has 2 aromatic rings. The van der Waals surface area contributed by atoms with Gasteiger partial charge in [-0.3, -0.25) is 14.6 Å². The summed E-state index contributed by atoms with van der Waals surface area (Å²) in [5.74, 6) is -0.577. The molecule has 26 heavy (non-hydrogen) atoms. The lowest BCUT2D eigenvalue weighted by Gasteiger charge is -2.25. The van der Waals surface area contributed by atoms with Crippen LogP contribution in [0.5, 0.6) is 0 Å². The Labute approximate surface area is 150 Å². The maximum atomic E-state index is 13.1. The van der Waals surface area contributed by atoms with E-state index in [9.17, 15) is 18.8 Å². The van der Waals surface area contributed by atoms with Crippen LogP contribution in [-0.4, -0.2) is 52.9 Å². The number of hydrogen-bond acceptors (Lipinski definition) is 4. The number of amides is 1. The van der Waals surface area contributed by atoms with Crippen LogP contribution in [0.3, 0.4) is 0 Å². The Morgan fingerprint density at radius 1 is 1.08 bits per heavy atom. The third kappa shape index (κ3) is 5.38. The summed E-state index contributed by atoms with van der Waals surface area (Å²) in [7, 11) is 3.80. The Balaban J connectivity index is 2.21. The van der Waals surface area contributed by atoms with Crippen LogP contribution in [0, 0.1) is 12.7 Å². The van der Waals surface area contributed by atoms with E-state index in [-0.39, 0.29) is 23.7 Å².